The van der Waals surface area contributed by atoms with Crippen LogP contribution in [0.25, 0.3) is 0 Å². The highest BCUT2D eigenvalue weighted by Crippen LogP contribution is 2.40. The van der Waals surface area contributed by atoms with Crippen molar-refractivity contribution in [1.29, 1.82) is 0 Å². The molecule has 0 saturated heterocycles. The number of carbonyl (C=O) groups is 1. The lowest BCUT2D eigenvalue weighted by molar-refractivity contribution is -0.120. The Balaban J connectivity index is 1.80. The van der Waals surface area contributed by atoms with Gasteiger partial charge in [-0.1, -0.05) is 0 Å². The maximum absolute atomic E-state index is 11.2. The maximum Gasteiger partial charge on any atom is 0.234 e. The third-order valence-corrected chi connectivity index (χ3v) is 3.21. The molecule has 15 heavy (non-hydrogen) atoms. The van der Waals surface area contributed by atoms with E-state index in [1.54, 1.807) is 18.4 Å². The van der Waals surface area contributed by atoms with Gasteiger partial charge < -0.3 is 10.6 Å². The Hall–Kier alpha value is -0.940. The van der Waals surface area contributed by atoms with Crippen molar-refractivity contribution >= 4 is 17.2 Å². The molecular weight excluding hydrogens is 210 g/mol. The van der Waals surface area contributed by atoms with Crippen LogP contribution in [0.15, 0.2) is 5.38 Å². The number of amides is 1. The molecule has 1 aliphatic carbocycles. The van der Waals surface area contributed by atoms with Crippen molar-refractivity contribution < 1.29 is 4.79 Å². The minimum atomic E-state index is 0.0145. The summed E-state index contributed by atoms with van der Waals surface area (Å²) in [6, 6.07) is 0. The lowest BCUT2D eigenvalue weighted by Crippen LogP contribution is -2.31. The number of carbonyl (C=O) groups excluding carboxylic acids is 1. The summed E-state index contributed by atoms with van der Waals surface area (Å²) in [6.07, 6.45) is 2.55. The first kappa shape index (κ1) is 10.6. The fourth-order valence-electron chi connectivity index (χ4n) is 1.37. The second-order valence-electron chi connectivity index (χ2n) is 3.75. The Morgan fingerprint density at radius 3 is 3.13 bits per heavy atom. The van der Waals surface area contributed by atoms with Gasteiger partial charge in [-0.25, -0.2) is 4.98 Å². The molecule has 82 valence electrons. The first-order chi connectivity index (χ1) is 7.29. The molecular formula is C10H15N3OS. The first-order valence-corrected chi connectivity index (χ1v) is 6.03. The van der Waals surface area contributed by atoms with E-state index >= 15 is 0 Å². The second-order valence-corrected chi connectivity index (χ2v) is 4.69. The standard InChI is InChI=1S/C10H15N3OS/c1-11-4-9(14)12-5-10-13-8(6-15-10)7-2-3-7/h6-7,11H,2-5H2,1H3,(H,12,14). The number of nitrogens with one attached hydrogen (secondary N) is 2. The van der Waals surface area contributed by atoms with Gasteiger partial charge in [0.2, 0.25) is 5.91 Å². The molecule has 1 fully saturated rings. The second kappa shape index (κ2) is 4.72. The molecule has 2 N–H and O–H groups in total. The van der Waals surface area contributed by atoms with Crippen molar-refractivity contribution in [3.63, 3.8) is 0 Å². The normalized spacial score (nSPS) is 15.3. The number of rotatable bonds is 5. The van der Waals surface area contributed by atoms with E-state index in [9.17, 15) is 4.79 Å². The van der Waals surface area contributed by atoms with Crippen LogP contribution in [0.4, 0.5) is 0 Å². The topological polar surface area (TPSA) is 54.0 Å². The molecule has 2 rings (SSSR count). The summed E-state index contributed by atoms with van der Waals surface area (Å²) < 4.78 is 0. The molecule has 1 aliphatic rings. The van der Waals surface area contributed by atoms with Gasteiger partial charge in [0.1, 0.15) is 5.01 Å². The van der Waals surface area contributed by atoms with Crippen LogP contribution in [-0.2, 0) is 11.3 Å². The van der Waals surface area contributed by atoms with E-state index in [2.05, 4.69) is 21.0 Å². The highest BCUT2D eigenvalue weighted by molar-refractivity contribution is 7.09. The number of aromatic nitrogens is 1. The lowest BCUT2D eigenvalue weighted by Gasteiger charge is -2.01. The zero-order valence-electron chi connectivity index (χ0n) is 8.75. The number of thiazole rings is 1. The Morgan fingerprint density at radius 1 is 1.67 bits per heavy atom. The monoisotopic (exact) mass is 225 g/mol. The molecule has 0 aromatic carbocycles. The molecule has 0 spiro atoms. The number of likely N-dealkylation sites (N-methyl/N-ethyl adjacent to an activating group) is 1. The average molecular weight is 225 g/mol. The van der Waals surface area contributed by atoms with Crippen molar-refractivity contribution in [2.45, 2.75) is 25.3 Å². The quantitative estimate of drug-likeness (QED) is 0.781. The molecule has 0 radical (unpaired) electrons. The Bertz CT molecular complexity index is 346. The van der Waals surface area contributed by atoms with Crippen molar-refractivity contribution in [3.05, 3.63) is 16.1 Å². The summed E-state index contributed by atoms with van der Waals surface area (Å²) >= 11 is 1.63. The van der Waals surface area contributed by atoms with E-state index in [1.165, 1.54) is 18.5 Å². The van der Waals surface area contributed by atoms with Crippen molar-refractivity contribution in [2.75, 3.05) is 13.6 Å². The SMILES string of the molecule is CNCC(=O)NCc1nc(C2CC2)cs1. The predicted molar refractivity (Wildman–Crippen MR) is 59.9 cm³/mol. The third kappa shape index (κ3) is 3.00. The van der Waals surface area contributed by atoms with Crippen LogP contribution >= 0.6 is 11.3 Å². The molecule has 1 amide bonds. The highest BCUT2D eigenvalue weighted by atomic mass is 32.1. The van der Waals surface area contributed by atoms with Crippen LogP contribution in [0, 0.1) is 0 Å². The molecule has 0 atom stereocenters. The summed E-state index contributed by atoms with van der Waals surface area (Å²) in [5.74, 6) is 0.712. The van der Waals surface area contributed by atoms with Gasteiger partial charge in [0, 0.05) is 11.3 Å². The Labute approximate surface area is 93.1 Å². The fraction of sp³-hybridized carbons (Fsp3) is 0.600. The molecule has 5 heteroatoms. The zero-order valence-corrected chi connectivity index (χ0v) is 9.56. The van der Waals surface area contributed by atoms with Crippen molar-refractivity contribution in [1.82, 2.24) is 15.6 Å². The van der Waals surface area contributed by atoms with E-state index in [-0.39, 0.29) is 5.91 Å². The molecule has 1 aromatic rings. The smallest absolute Gasteiger partial charge is 0.234 e. The lowest BCUT2D eigenvalue weighted by atomic mass is 10.3. The predicted octanol–water partition coefficient (Wildman–Crippen LogP) is 0.856. The van der Waals surface area contributed by atoms with Crippen LogP contribution in [0.1, 0.15) is 29.5 Å². The Kier molecular flexibility index (Phi) is 3.33. The van der Waals surface area contributed by atoms with Crippen molar-refractivity contribution in [2.24, 2.45) is 0 Å². The molecule has 1 heterocycles. The molecule has 0 bridgehead atoms. The van der Waals surface area contributed by atoms with Gasteiger partial charge >= 0.3 is 0 Å². The Morgan fingerprint density at radius 2 is 2.47 bits per heavy atom. The molecule has 1 aromatic heterocycles. The minimum absolute atomic E-state index is 0.0145. The number of hydrogen-bond donors (Lipinski definition) is 2. The largest absolute Gasteiger partial charge is 0.348 e. The van der Waals surface area contributed by atoms with Gasteiger partial charge in [-0.15, -0.1) is 11.3 Å². The van der Waals surface area contributed by atoms with E-state index < -0.39 is 0 Å². The van der Waals surface area contributed by atoms with E-state index in [4.69, 9.17) is 0 Å². The van der Waals surface area contributed by atoms with Crippen LogP contribution < -0.4 is 10.6 Å². The van der Waals surface area contributed by atoms with Gasteiger partial charge in [0.05, 0.1) is 18.8 Å². The summed E-state index contributed by atoms with van der Waals surface area (Å²) in [4.78, 5) is 15.7. The van der Waals surface area contributed by atoms with Crippen LogP contribution in [0.2, 0.25) is 0 Å². The van der Waals surface area contributed by atoms with Gasteiger partial charge in [-0.2, -0.15) is 0 Å². The minimum Gasteiger partial charge on any atom is -0.348 e. The number of nitrogens with zero attached hydrogens (tertiary/aromatic N) is 1. The summed E-state index contributed by atoms with van der Waals surface area (Å²) in [7, 11) is 1.76. The molecule has 4 nitrogen and oxygen atoms in total. The fourth-order valence-corrected chi connectivity index (χ4v) is 2.19. The van der Waals surface area contributed by atoms with E-state index in [0.717, 1.165) is 5.01 Å². The van der Waals surface area contributed by atoms with Crippen LogP contribution in [-0.4, -0.2) is 24.5 Å². The van der Waals surface area contributed by atoms with E-state index in [0.29, 0.717) is 19.0 Å². The van der Waals surface area contributed by atoms with Crippen LogP contribution in [0.5, 0.6) is 0 Å². The van der Waals surface area contributed by atoms with Gasteiger partial charge in [0.25, 0.3) is 0 Å². The van der Waals surface area contributed by atoms with Gasteiger partial charge in [-0.3, -0.25) is 4.79 Å². The highest BCUT2D eigenvalue weighted by Gasteiger charge is 2.25. The van der Waals surface area contributed by atoms with E-state index in [1.807, 2.05) is 0 Å². The summed E-state index contributed by atoms with van der Waals surface area (Å²) in [6.45, 7) is 0.915. The number of hydrogen-bond acceptors (Lipinski definition) is 4. The molecule has 1 saturated carbocycles. The van der Waals surface area contributed by atoms with Gasteiger partial charge in [-0.05, 0) is 19.9 Å². The summed E-state index contributed by atoms with van der Waals surface area (Å²) in [5, 5.41) is 8.74. The van der Waals surface area contributed by atoms with Gasteiger partial charge in [0.15, 0.2) is 0 Å². The molecule has 0 aliphatic heterocycles. The average Bonchev–Trinajstić information content (AvgIpc) is 2.96. The summed E-state index contributed by atoms with van der Waals surface area (Å²) in [5.41, 5.74) is 1.21. The van der Waals surface area contributed by atoms with Crippen molar-refractivity contribution in [3.8, 4) is 0 Å². The third-order valence-electron chi connectivity index (χ3n) is 2.34. The molecule has 0 unspecified atom stereocenters. The zero-order chi connectivity index (χ0) is 10.7. The van der Waals surface area contributed by atoms with Crippen LogP contribution in [0.3, 0.4) is 0 Å². The first-order valence-electron chi connectivity index (χ1n) is 5.15. The maximum atomic E-state index is 11.2.